The third-order valence-electron chi connectivity index (χ3n) is 1.54. The van der Waals surface area contributed by atoms with Crippen LogP contribution in [0.5, 0.6) is 0 Å². The normalized spacial score (nSPS) is 12.6. The molecular formula is C7H16N4S. The van der Waals surface area contributed by atoms with Gasteiger partial charge in [0.15, 0.2) is 0 Å². The molecule has 0 unspecified atom stereocenters. The Labute approximate surface area is 78.6 Å². The Bertz CT molecular complexity index is 192. The van der Waals surface area contributed by atoms with Gasteiger partial charge in [-0.25, -0.2) is 5.84 Å². The highest BCUT2D eigenvalue weighted by Crippen LogP contribution is 2.14. The molecule has 0 aromatic heterocycles. The van der Waals surface area contributed by atoms with Crippen LogP contribution in [0.15, 0.2) is 5.10 Å². The minimum Gasteiger partial charge on any atom is -0.300 e. The number of hydrogen-bond acceptors (Lipinski definition) is 3. The second-order valence-corrected chi connectivity index (χ2v) is 3.94. The highest BCUT2D eigenvalue weighted by Gasteiger charge is 2.13. The molecule has 0 bridgehead atoms. The van der Waals surface area contributed by atoms with Crippen LogP contribution < -0.4 is 16.7 Å². The molecule has 12 heavy (non-hydrogen) atoms. The summed E-state index contributed by atoms with van der Waals surface area (Å²) in [5.74, 6) is 5.04. The molecule has 0 amide bonds. The van der Waals surface area contributed by atoms with E-state index < -0.39 is 0 Å². The molecule has 0 aliphatic heterocycles. The van der Waals surface area contributed by atoms with Gasteiger partial charge in [-0.3, -0.25) is 10.9 Å². The van der Waals surface area contributed by atoms with Crippen LogP contribution in [0.4, 0.5) is 0 Å². The average molecular weight is 188 g/mol. The van der Waals surface area contributed by atoms with E-state index in [-0.39, 0.29) is 5.41 Å². The fraction of sp³-hybridized carbons (Fsp3) is 0.714. The summed E-state index contributed by atoms with van der Waals surface area (Å²) in [6.07, 6.45) is 0. The fourth-order valence-corrected chi connectivity index (χ4v) is 0.380. The summed E-state index contributed by atoms with van der Waals surface area (Å²) in [5, 5.41) is 4.37. The monoisotopic (exact) mass is 188 g/mol. The molecule has 0 atom stereocenters. The maximum Gasteiger partial charge on any atom is 0.201 e. The lowest BCUT2D eigenvalue weighted by atomic mass is 9.91. The van der Waals surface area contributed by atoms with Crippen LogP contribution in [0.3, 0.4) is 0 Å². The second-order valence-electron chi connectivity index (χ2n) is 3.53. The van der Waals surface area contributed by atoms with Crippen molar-refractivity contribution in [2.45, 2.75) is 27.7 Å². The molecule has 0 aromatic carbocycles. The van der Waals surface area contributed by atoms with Gasteiger partial charge in [-0.1, -0.05) is 20.8 Å². The van der Waals surface area contributed by atoms with Crippen molar-refractivity contribution in [3.63, 3.8) is 0 Å². The van der Waals surface area contributed by atoms with Gasteiger partial charge in [-0.15, -0.1) is 0 Å². The summed E-state index contributed by atoms with van der Waals surface area (Å²) in [5.41, 5.74) is 5.93. The van der Waals surface area contributed by atoms with Gasteiger partial charge in [0.2, 0.25) is 5.11 Å². The number of nitrogens with two attached hydrogens (primary N) is 1. The van der Waals surface area contributed by atoms with Gasteiger partial charge in [-0.05, 0) is 19.1 Å². The lowest BCUT2D eigenvalue weighted by molar-refractivity contribution is 0.582. The number of hydrogen-bond donors (Lipinski definition) is 3. The van der Waals surface area contributed by atoms with E-state index in [0.717, 1.165) is 5.71 Å². The molecule has 0 spiro atoms. The summed E-state index contributed by atoms with van der Waals surface area (Å²) in [6.45, 7) is 8.16. The lowest BCUT2D eigenvalue weighted by Crippen LogP contribution is -2.38. The highest BCUT2D eigenvalue weighted by atomic mass is 32.1. The summed E-state index contributed by atoms with van der Waals surface area (Å²) < 4.78 is 0. The third-order valence-corrected chi connectivity index (χ3v) is 1.75. The van der Waals surface area contributed by atoms with E-state index in [1.165, 1.54) is 0 Å². The van der Waals surface area contributed by atoms with E-state index in [9.17, 15) is 0 Å². The summed E-state index contributed by atoms with van der Waals surface area (Å²) >= 11 is 4.74. The van der Waals surface area contributed by atoms with E-state index in [4.69, 9.17) is 18.1 Å². The van der Waals surface area contributed by atoms with Crippen molar-refractivity contribution in [3.8, 4) is 0 Å². The zero-order valence-electron chi connectivity index (χ0n) is 7.93. The molecule has 70 valence electrons. The Morgan fingerprint density at radius 3 is 2.25 bits per heavy atom. The molecule has 0 radical (unpaired) electrons. The summed E-state index contributed by atoms with van der Waals surface area (Å²) in [7, 11) is 0. The Kier molecular flexibility index (Phi) is 4.12. The van der Waals surface area contributed by atoms with Gasteiger partial charge < -0.3 is 0 Å². The fourth-order valence-electron chi connectivity index (χ4n) is 0.335. The van der Waals surface area contributed by atoms with E-state index in [1.54, 1.807) is 0 Å². The molecule has 0 rings (SSSR count). The van der Waals surface area contributed by atoms with Crippen molar-refractivity contribution in [1.82, 2.24) is 10.9 Å². The first-order valence-corrected chi connectivity index (χ1v) is 4.10. The Hall–Kier alpha value is -0.680. The van der Waals surface area contributed by atoms with Gasteiger partial charge in [0.25, 0.3) is 0 Å². The predicted molar refractivity (Wildman–Crippen MR) is 55.6 cm³/mol. The van der Waals surface area contributed by atoms with Crippen LogP contribution in [-0.4, -0.2) is 10.8 Å². The van der Waals surface area contributed by atoms with Crippen molar-refractivity contribution in [2.24, 2.45) is 16.4 Å². The molecule has 0 aromatic rings. The third kappa shape index (κ3) is 4.25. The van der Waals surface area contributed by atoms with Crippen molar-refractivity contribution >= 4 is 23.0 Å². The van der Waals surface area contributed by atoms with Gasteiger partial charge in [0.05, 0.1) is 0 Å². The second kappa shape index (κ2) is 4.37. The SMILES string of the molecule is C/C(=N\NC(=S)NN)C(C)(C)C. The molecule has 0 heterocycles. The molecule has 4 N–H and O–H groups in total. The number of thiocarbonyl (C=S) groups is 1. The van der Waals surface area contributed by atoms with E-state index in [1.807, 2.05) is 6.92 Å². The first-order chi connectivity index (χ1) is 5.38. The van der Waals surface area contributed by atoms with Crippen LogP contribution >= 0.6 is 12.2 Å². The number of hydrazone groups is 1. The maximum absolute atomic E-state index is 5.04. The molecule has 0 fully saturated rings. The molecule has 0 saturated carbocycles. The van der Waals surface area contributed by atoms with Crippen molar-refractivity contribution in [2.75, 3.05) is 0 Å². The number of hydrazine groups is 1. The van der Waals surface area contributed by atoms with E-state index in [2.05, 4.69) is 36.7 Å². The largest absolute Gasteiger partial charge is 0.300 e. The first-order valence-electron chi connectivity index (χ1n) is 3.69. The minimum atomic E-state index is 0.0528. The smallest absolute Gasteiger partial charge is 0.201 e. The Balaban J connectivity index is 4.11. The molecule has 0 saturated heterocycles. The summed E-state index contributed by atoms with van der Waals surface area (Å²) in [6, 6.07) is 0. The van der Waals surface area contributed by atoms with Crippen molar-refractivity contribution < 1.29 is 0 Å². The quantitative estimate of drug-likeness (QED) is 0.246. The van der Waals surface area contributed by atoms with E-state index in [0.29, 0.717) is 5.11 Å². The summed E-state index contributed by atoms with van der Waals surface area (Å²) in [4.78, 5) is 0. The first kappa shape index (κ1) is 11.3. The molecule has 0 aliphatic carbocycles. The van der Waals surface area contributed by atoms with Crippen molar-refractivity contribution in [1.29, 1.82) is 0 Å². The van der Waals surface area contributed by atoms with Gasteiger partial charge in [0.1, 0.15) is 0 Å². The molecule has 0 aliphatic rings. The van der Waals surface area contributed by atoms with Crippen LogP contribution in [0.25, 0.3) is 0 Å². The van der Waals surface area contributed by atoms with Crippen LogP contribution in [0.2, 0.25) is 0 Å². The zero-order chi connectivity index (χ0) is 9.78. The standard InChI is InChI=1S/C7H16N4S/c1-5(7(2,3)4)10-11-6(12)9-8/h8H2,1-4H3,(H2,9,11,12)/b10-5+. The topological polar surface area (TPSA) is 62.4 Å². The number of nitrogens with zero attached hydrogens (tertiary/aromatic N) is 1. The zero-order valence-corrected chi connectivity index (χ0v) is 8.75. The number of nitrogens with one attached hydrogen (secondary N) is 2. The molecular weight excluding hydrogens is 172 g/mol. The van der Waals surface area contributed by atoms with E-state index >= 15 is 0 Å². The van der Waals surface area contributed by atoms with Crippen LogP contribution in [0.1, 0.15) is 27.7 Å². The Morgan fingerprint density at radius 2 is 1.92 bits per heavy atom. The minimum absolute atomic E-state index is 0.0528. The lowest BCUT2D eigenvalue weighted by Gasteiger charge is -2.17. The van der Waals surface area contributed by atoms with Crippen molar-refractivity contribution in [3.05, 3.63) is 0 Å². The maximum atomic E-state index is 5.04. The number of rotatable bonds is 1. The van der Waals surface area contributed by atoms with Crippen LogP contribution in [-0.2, 0) is 0 Å². The van der Waals surface area contributed by atoms with Gasteiger partial charge >= 0.3 is 0 Å². The molecule has 4 nitrogen and oxygen atoms in total. The van der Waals surface area contributed by atoms with Gasteiger partial charge in [0, 0.05) is 11.1 Å². The average Bonchev–Trinajstić information content (AvgIpc) is 1.97. The Morgan fingerprint density at radius 1 is 1.42 bits per heavy atom. The van der Waals surface area contributed by atoms with Gasteiger partial charge in [-0.2, -0.15) is 5.10 Å². The predicted octanol–water partition coefficient (Wildman–Crippen LogP) is 0.746. The molecule has 5 heteroatoms. The highest BCUT2D eigenvalue weighted by molar-refractivity contribution is 7.80. The van der Waals surface area contributed by atoms with Crippen LogP contribution in [0, 0.1) is 5.41 Å².